The van der Waals surface area contributed by atoms with Crippen LogP contribution in [0.25, 0.3) is 0 Å². The van der Waals surface area contributed by atoms with Crippen molar-refractivity contribution in [1.29, 1.82) is 0 Å². The van der Waals surface area contributed by atoms with Crippen LogP contribution >= 0.6 is 0 Å². The summed E-state index contributed by atoms with van der Waals surface area (Å²) in [4.78, 5) is 38.3. The Morgan fingerprint density at radius 2 is 2.00 bits per heavy atom. The lowest BCUT2D eigenvalue weighted by atomic mass is 9.63. The van der Waals surface area contributed by atoms with Crippen molar-refractivity contribution >= 4 is 17.5 Å². The van der Waals surface area contributed by atoms with Crippen molar-refractivity contribution in [3.05, 3.63) is 52.0 Å². The fourth-order valence-corrected chi connectivity index (χ4v) is 5.16. The first-order valence-electron chi connectivity index (χ1n) is 9.20. The number of primary amides is 1. The minimum absolute atomic E-state index is 0.0382. The summed E-state index contributed by atoms with van der Waals surface area (Å²) in [6, 6.07) is 5.56. The zero-order valence-electron chi connectivity index (χ0n) is 15.5. The highest BCUT2D eigenvalue weighted by molar-refractivity contribution is 6.26. The third kappa shape index (κ3) is 1.91. The first-order chi connectivity index (χ1) is 13.4. The van der Waals surface area contributed by atoms with E-state index in [1.54, 1.807) is 6.07 Å². The summed E-state index contributed by atoms with van der Waals surface area (Å²) < 4.78 is 16.5. The van der Waals surface area contributed by atoms with E-state index in [4.69, 9.17) is 19.9 Å². The van der Waals surface area contributed by atoms with Crippen molar-refractivity contribution in [2.75, 3.05) is 14.2 Å². The number of Topliss-reactive ketones (excluding diaryl/α,β-unsaturated/α-hetero) is 2. The lowest BCUT2D eigenvalue weighted by Crippen LogP contribution is -2.46. The number of allylic oxidation sites excluding steroid dienone is 2. The van der Waals surface area contributed by atoms with Gasteiger partial charge in [0, 0.05) is 17.9 Å². The topological polar surface area (TPSA) is 108 Å². The third-order valence-electron chi connectivity index (χ3n) is 6.39. The first kappa shape index (κ1) is 17.0. The van der Waals surface area contributed by atoms with Crippen LogP contribution in [0.2, 0.25) is 0 Å². The highest BCUT2D eigenvalue weighted by Crippen LogP contribution is 2.62. The van der Waals surface area contributed by atoms with Crippen LogP contribution in [0.4, 0.5) is 0 Å². The maximum absolute atomic E-state index is 13.3. The SMILES string of the molecule is COC1=C(C(N)=O)C(=O)[C@@]23OC2=C2C(=O)c4c(cccc4OC)CC2C[C@H]3C1. The number of benzene rings is 1. The maximum Gasteiger partial charge on any atom is 0.255 e. The number of amides is 1. The molecule has 1 unspecified atom stereocenters. The fourth-order valence-electron chi connectivity index (χ4n) is 5.16. The Hall–Kier alpha value is -3.09. The number of hydrogen-bond acceptors (Lipinski definition) is 6. The molecule has 0 radical (unpaired) electrons. The van der Waals surface area contributed by atoms with Crippen molar-refractivity contribution in [2.24, 2.45) is 17.6 Å². The molecule has 7 heteroatoms. The molecular formula is C21H19NO6. The van der Waals surface area contributed by atoms with Crippen LogP contribution in [-0.4, -0.2) is 37.3 Å². The highest BCUT2D eigenvalue weighted by atomic mass is 16.6. The summed E-state index contributed by atoms with van der Waals surface area (Å²) in [5, 5.41) is 0. The predicted molar refractivity (Wildman–Crippen MR) is 96.3 cm³/mol. The number of nitrogens with two attached hydrogens (primary N) is 1. The fraction of sp³-hybridized carbons (Fsp3) is 0.381. The number of rotatable bonds is 3. The molecule has 0 saturated carbocycles. The van der Waals surface area contributed by atoms with E-state index in [0.29, 0.717) is 47.7 Å². The molecule has 0 aromatic heterocycles. The van der Waals surface area contributed by atoms with Gasteiger partial charge in [-0.25, -0.2) is 0 Å². The molecule has 1 spiro atoms. The van der Waals surface area contributed by atoms with E-state index in [1.807, 2.05) is 12.1 Å². The van der Waals surface area contributed by atoms with Crippen LogP contribution in [0.1, 0.15) is 28.8 Å². The molecule has 1 amide bonds. The molecule has 1 heterocycles. The van der Waals surface area contributed by atoms with Gasteiger partial charge in [0.05, 0.1) is 19.8 Å². The summed E-state index contributed by atoms with van der Waals surface area (Å²) in [6.07, 6.45) is 1.66. The Bertz CT molecular complexity index is 1040. The van der Waals surface area contributed by atoms with E-state index in [9.17, 15) is 14.4 Å². The van der Waals surface area contributed by atoms with E-state index < -0.39 is 17.3 Å². The van der Waals surface area contributed by atoms with Crippen molar-refractivity contribution < 1.29 is 28.6 Å². The van der Waals surface area contributed by atoms with Gasteiger partial charge in [-0.3, -0.25) is 14.4 Å². The molecule has 3 aliphatic carbocycles. The minimum atomic E-state index is -1.24. The molecule has 1 saturated heterocycles. The van der Waals surface area contributed by atoms with Crippen LogP contribution in [0, 0.1) is 11.8 Å². The second-order valence-electron chi connectivity index (χ2n) is 7.64. The second kappa shape index (κ2) is 5.47. The molecule has 144 valence electrons. The Labute approximate surface area is 161 Å². The Morgan fingerprint density at radius 1 is 1.21 bits per heavy atom. The zero-order chi connectivity index (χ0) is 19.8. The molecule has 1 aromatic carbocycles. The Kier molecular flexibility index (Phi) is 3.33. The van der Waals surface area contributed by atoms with E-state index in [0.717, 1.165) is 5.56 Å². The molecular weight excluding hydrogens is 362 g/mol. The molecule has 1 aromatic rings. The molecule has 4 aliphatic rings. The molecule has 2 N–H and O–H groups in total. The monoisotopic (exact) mass is 381 g/mol. The molecule has 7 nitrogen and oxygen atoms in total. The molecule has 1 aliphatic heterocycles. The number of carbonyl (C=O) groups excluding carboxylic acids is 3. The average molecular weight is 381 g/mol. The van der Waals surface area contributed by atoms with Crippen LogP contribution in [0.3, 0.4) is 0 Å². The van der Waals surface area contributed by atoms with Crippen molar-refractivity contribution in [3.8, 4) is 5.75 Å². The number of methoxy groups -OCH3 is 2. The number of fused-ring (bicyclic) bond motifs is 2. The van der Waals surface area contributed by atoms with Crippen LogP contribution in [-0.2, 0) is 25.5 Å². The van der Waals surface area contributed by atoms with Gasteiger partial charge in [-0.05, 0) is 30.4 Å². The lowest BCUT2D eigenvalue weighted by Gasteiger charge is -2.36. The van der Waals surface area contributed by atoms with Gasteiger partial charge in [-0.2, -0.15) is 0 Å². The van der Waals surface area contributed by atoms with Crippen LogP contribution in [0.15, 0.2) is 40.9 Å². The third-order valence-corrected chi connectivity index (χ3v) is 6.39. The summed E-state index contributed by atoms with van der Waals surface area (Å²) in [5.74, 6) is -0.495. The van der Waals surface area contributed by atoms with Gasteiger partial charge in [0.25, 0.3) is 5.91 Å². The standard InChI is InChI=1S/C21H19NO6/c1-26-12-5-3-4-9-6-10-7-11-8-13(27-2)16(20(22)25)18(24)21(11)19(28-21)15(10)17(23)14(9)12/h3-5,10-11H,6-8H2,1-2H3,(H2,22,25)/t10?,11-,21+/m0/s1. The van der Waals surface area contributed by atoms with E-state index in [-0.39, 0.29) is 23.2 Å². The number of epoxide rings is 1. The summed E-state index contributed by atoms with van der Waals surface area (Å²) in [6.45, 7) is 0. The summed E-state index contributed by atoms with van der Waals surface area (Å²) in [7, 11) is 2.95. The van der Waals surface area contributed by atoms with Gasteiger partial charge in [-0.15, -0.1) is 0 Å². The molecule has 1 fully saturated rings. The van der Waals surface area contributed by atoms with Gasteiger partial charge >= 0.3 is 0 Å². The zero-order valence-corrected chi connectivity index (χ0v) is 15.5. The van der Waals surface area contributed by atoms with Gasteiger partial charge in [-0.1, -0.05) is 12.1 Å². The normalized spacial score (nSPS) is 29.9. The van der Waals surface area contributed by atoms with Gasteiger partial charge < -0.3 is 19.9 Å². The highest BCUT2D eigenvalue weighted by Gasteiger charge is 2.72. The van der Waals surface area contributed by atoms with Crippen LogP contribution in [0.5, 0.6) is 5.75 Å². The van der Waals surface area contributed by atoms with E-state index in [1.165, 1.54) is 14.2 Å². The smallest absolute Gasteiger partial charge is 0.255 e. The number of carbonyl (C=O) groups is 3. The van der Waals surface area contributed by atoms with Crippen molar-refractivity contribution in [3.63, 3.8) is 0 Å². The first-order valence-corrected chi connectivity index (χ1v) is 9.20. The molecule has 3 atom stereocenters. The molecule has 28 heavy (non-hydrogen) atoms. The lowest BCUT2D eigenvalue weighted by molar-refractivity contribution is -0.127. The number of hydrogen-bond donors (Lipinski definition) is 1. The number of ether oxygens (including phenoxy) is 3. The molecule has 5 rings (SSSR count). The van der Waals surface area contributed by atoms with Gasteiger partial charge in [0.2, 0.25) is 11.4 Å². The maximum atomic E-state index is 13.3. The van der Waals surface area contributed by atoms with E-state index >= 15 is 0 Å². The largest absolute Gasteiger partial charge is 0.500 e. The van der Waals surface area contributed by atoms with Gasteiger partial charge in [0.15, 0.2) is 11.5 Å². The summed E-state index contributed by atoms with van der Waals surface area (Å²) in [5.41, 5.74) is 6.03. The Morgan fingerprint density at radius 3 is 2.68 bits per heavy atom. The van der Waals surface area contributed by atoms with Crippen molar-refractivity contribution in [1.82, 2.24) is 0 Å². The van der Waals surface area contributed by atoms with Crippen molar-refractivity contribution in [2.45, 2.75) is 24.9 Å². The average Bonchev–Trinajstić information content (AvgIpc) is 3.42. The number of ketones is 2. The van der Waals surface area contributed by atoms with E-state index in [2.05, 4.69) is 0 Å². The minimum Gasteiger partial charge on any atom is -0.500 e. The second-order valence-corrected chi connectivity index (χ2v) is 7.64. The van der Waals surface area contributed by atoms with Gasteiger partial charge in [0.1, 0.15) is 17.1 Å². The quantitative estimate of drug-likeness (QED) is 0.627. The predicted octanol–water partition coefficient (Wildman–Crippen LogP) is 1.45. The Balaban J connectivity index is 1.65. The van der Waals surface area contributed by atoms with Crippen LogP contribution < -0.4 is 10.5 Å². The summed E-state index contributed by atoms with van der Waals surface area (Å²) >= 11 is 0. The molecule has 0 bridgehead atoms.